The van der Waals surface area contributed by atoms with Gasteiger partial charge in [-0.05, 0) is 120 Å². The predicted octanol–water partition coefficient (Wildman–Crippen LogP) is 12.7. The molecule has 0 saturated carbocycles. The highest BCUT2D eigenvalue weighted by Gasteiger charge is 2.40. The van der Waals surface area contributed by atoms with Crippen LogP contribution in [0, 0.1) is 0 Å². The van der Waals surface area contributed by atoms with E-state index in [0.717, 1.165) is 45.2 Å². The van der Waals surface area contributed by atoms with Crippen molar-refractivity contribution in [2.75, 3.05) is 11.4 Å². The van der Waals surface area contributed by atoms with E-state index in [1.165, 1.54) is 83.6 Å². The normalized spacial score (nSPS) is 18.2. The van der Waals surface area contributed by atoms with Gasteiger partial charge in [-0.3, -0.25) is 0 Å². The number of anilines is 1. The molecule has 1 atom stereocenters. The lowest BCUT2D eigenvalue weighted by Gasteiger charge is -2.30. The number of para-hydroxylation sites is 1. The van der Waals surface area contributed by atoms with Crippen LogP contribution < -0.4 is 4.90 Å². The van der Waals surface area contributed by atoms with Gasteiger partial charge in [0.1, 0.15) is 0 Å². The zero-order valence-corrected chi connectivity index (χ0v) is 30.5. The fraction of sp³-hybridized carbons (Fsp3) is 0.265. The fourth-order valence-corrected chi connectivity index (χ4v) is 9.85. The highest BCUT2D eigenvalue weighted by molar-refractivity contribution is 5.94. The summed E-state index contributed by atoms with van der Waals surface area (Å²) >= 11 is 0. The molecule has 3 aliphatic carbocycles. The molecule has 254 valence electrons. The third kappa shape index (κ3) is 4.98. The average Bonchev–Trinajstić information content (AvgIpc) is 3.78. The number of nitrogens with zero attached hydrogens (tertiary/aromatic N) is 2. The summed E-state index contributed by atoms with van der Waals surface area (Å²) in [5, 5.41) is 1.38. The van der Waals surface area contributed by atoms with Crippen molar-refractivity contribution in [3.8, 4) is 11.1 Å². The highest BCUT2D eigenvalue weighted by atomic mass is 15.2. The van der Waals surface area contributed by atoms with E-state index in [4.69, 9.17) is 0 Å². The molecule has 4 aliphatic rings. The van der Waals surface area contributed by atoms with Crippen LogP contribution in [0.3, 0.4) is 0 Å². The average molecular weight is 665 g/mol. The molecule has 0 bridgehead atoms. The first kappa shape index (κ1) is 31.9. The summed E-state index contributed by atoms with van der Waals surface area (Å²) in [5.41, 5.74) is 19.5. The molecule has 51 heavy (non-hydrogen) atoms. The standard InChI is InChI=1S/C49H48N2/c1-5-49(6-2)43-31-35(19-17-33-23-27-47-41(29-33)39-13-9-11-15-45(39)50(47)7-3)21-25-37(43)38-26-22-36(32-44(38)49)20-18-34-24-28-48-42(30-34)40-14-10-12-16-46(40)51(48)8-4/h9-11,13-15,17-28,30-32,41H,5-8,12,16,29H2,1-4H3. The molecule has 0 amide bonds. The van der Waals surface area contributed by atoms with Crippen LogP contribution in [0.2, 0.25) is 0 Å². The Morgan fingerprint density at radius 1 is 0.725 bits per heavy atom. The molecule has 0 fully saturated rings. The Labute approximate surface area is 303 Å². The summed E-state index contributed by atoms with van der Waals surface area (Å²) in [5.74, 6) is 0.449. The van der Waals surface area contributed by atoms with E-state index in [9.17, 15) is 0 Å². The second-order valence-electron chi connectivity index (χ2n) is 14.8. The van der Waals surface area contributed by atoms with Gasteiger partial charge < -0.3 is 9.47 Å². The summed E-state index contributed by atoms with van der Waals surface area (Å²) < 4.78 is 2.50. The Kier molecular flexibility index (Phi) is 7.88. The summed E-state index contributed by atoms with van der Waals surface area (Å²) in [4.78, 5) is 2.49. The Morgan fingerprint density at radius 3 is 2.12 bits per heavy atom. The number of aryl methyl sites for hydroxylation is 1. The van der Waals surface area contributed by atoms with E-state index in [-0.39, 0.29) is 5.41 Å². The molecule has 0 radical (unpaired) electrons. The summed E-state index contributed by atoms with van der Waals surface area (Å²) in [6, 6.07) is 30.3. The first-order chi connectivity index (χ1) is 25.1. The zero-order chi connectivity index (χ0) is 34.7. The molecular formula is C49H48N2. The molecule has 2 heterocycles. The number of fused-ring (bicyclic) bond motifs is 9. The Balaban J connectivity index is 0.995. The van der Waals surface area contributed by atoms with Gasteiger partial charge in [0.2, 0.25) is 0 Å². The van der Waals surface area contributed by atoms with E-state index in [1.807, 2.05) is 0 Å². The van der Waals surface area contributed by atoms with Gasteiger partial charge in [-0.1, -0.05) is 117 Å². The number of hydrogen-bond acceptors (Lipinski definition) is 1. The van der Waals surface area contributed by atoms with Crippen LogP contribution >= 0.6 is 0 Å². The monoisotopic (exact) mass is 664 g/mol. The van der Waals surface area contributed by atoms with Gasteiger partial charge >= 0.3 is 0 Å². The lowest BCUT2D eigenvalue weighted by atomic mass is 9.73. The van der Waals surface area contributed by atoms with Gasteiger partial charge in [-0.15, -0.1) is 0 Å². The number of rotatable bonds is 8. The van der Waals surface area contributed by atoms with Gasteiger partial charge in [-0.2, -0.15) is 0 Å². The van der Waals surface area contributed by atoms with Crippen molar-refractivity contribution < 1.29 is 0 Å². The van der Waals surface area contributed by atoms with Crippen molar-refractivity contribution in [2.24, 2.45) is 0 Å². The zero-order valence-electron chi connectivity index (χ0n) is 30.5. The highest BCUT2D eigenvalue weighted by Crippen LogP contribution is 2.53. The smallest absolute Gasteiger partial charge is 0.0489 e. The van der Waals surface area contributed by atoms with Crippen molar-refractivity contribution in [2.45, 2.75) is 77.7 Å². The first-order valence-electron chi connectivity index (χ1n) is 19.3. The maximum atomic E-state index is 2.50. The molecule has 1 unspecified atom stereocenters. The van der Waals surface area contributed by atoms with Crippen molar-refractivity contribution in [1.82, 2.24) is 4.57 Å². The maximum absolute atomic E-state index is 2.50. The van der Waals surface area contributed by atoms with Crippen molar-refractivity contribution >= 4 is 40.9 Å². The van der Waals surface area contributed by atoms with E-state index in [0.29, 0.717) is 5.92 Å². The molecule has 2 nitrogen and oxygen atoms in total. The van der Waals surface area contributed by atoms with Crippen LogP contribution in [-0.2, 0) is 18.4 Å². The van der Waals surface area contributed by atoms with Crippen molar-refractivity contribution in [1.29, 1.82) is 0 Å². The molecule has 0 saturated heterocycles. The Bertz CT molecular complexity index is 2350. The van der Waals surface area contributed by atoms with E-state index >= 15 is 0 Å². The maximum Gasteiger partial charge on any atom is 0.0489 e. The van der Waals surface area contributed by atoms with Crippen LogP contribution in [-0.4, -0.2) is 11.1 Å². The summed E-state index contributed by atoms with van der Waals surface area (Å²) in [6.45, 7) is 11.3. The fourth-order valence-electron chi connectivity index (χ4n) is 9.85. The van der Waals surface area contributed by atoms with Crippen LogP contribution in [0.25, 0.3) is 46.3 Å². The Hall–Kier alpha value is -5.08. The van der Waals surface area contributed by atoms with Crippen molar-refractivity contribution in [3.05, 3.63) is 159 Å². The van der Waals surface area contributed by atoms with Gasteiger partial charge in [0, 0.05) is 58.0 Å². The lowest BCUT2D eigenvalue weighted by Crippen LogP contribution is -2.23. The molecule has 4 aromatic carbocycles. The largest absolute Gasteiger partial charge is 0.345 e. The van der Waals surface area contributed by atoms with E-state index < -0.39 is 0 Å². The number of likely N-dealkylation sites (N-methyl/N-ethyl adjacent to an activating group) is 1. The molecule has 1 aliphatic heterocycles. The lowest BCUT2D eigenvalue weighted by molar-refractivity contribution is 0.490. The Morgan fingerprint density at radius 2 is 1.41 bits per heavy atom. The second kappa shape index (κ2) is 12.6. The van der Waals surface area contributed by atoms with Crippen LogP contribution in [0.4, 0.5) is 5.69 Å². The van der Waals surface area contributed by atoms with Gasteiger partial charge in [-0.25, -0.2) is 0 Å². The molecule has 5 aromatic rings. The molecular weight excluding hydrogens is 617 g/mol. The van der Waals surface area contributed by atoms with Crippen molar-refractivity contribution in [3.63, 3.8) is 0 Å². The molecule has 1 aromatic heterocycles. The first-order valence-corrected chi connectivity index (χ1v) is 19.3. The van der Waals surface area contributed by atoms with Gasteiger partial charge in [0.05, 0.1) is 0 Å². The summed E-state index contributed by atoms with van der Waals surface area (Å²) in [7, 11) is 0. The molecule has 0 N–H and O–H groups in total. The van der Waals surface area contributed by atoms with E-state index in [2.05, 4.69) is 165 Å². The number of benzene rings is 4. The van der Waals surface area contributed by atoms with Gasteiger partial charge in [0.25, 0.3) is 0 Å². The minimum absolute atomic E-state index is 0.0185. The minimum Gasteiger partial charge on any atom is -0.345 e. The van der Waals surface area contributed by atoms with Crippen LogP contribution in [0.5, 0.6) is 0 Å². The van der Waals surface area contributed by atoms with E-state index in [1.54, 1.807) is 0 Å². The van der Waals surface area contributed by atoms with Crippen LogP contribution in [0.15, 0.2) is 114 Å². The molecule has 2 heteroatoms. The number of aromatic nitrogens is 1. The topological polar surface area (TPSA) is 8.17 Å². The quantitative estimate of drug-likeness (QED) is 0.150. The summed E-state index contributed by atoms with van der Waals surface area (Å²) in [6.07, 6.45) is 24.2. The molecule has 0 spiro atoms. The number of allylic oxidation sites excluding steroid dienone is 6. The SMILES string of the molecule is CCN1C2=CC=C(C=Cc3ccc4c(c3)C(CC)(CC)c3cc(C=Cc5ccc6c(c5)c5c(n6CC)CCC=C5)ccc3-4)CC2c2ccccc21. The van der Waals surface area contributed by atoms with Crippen LogP contribution in [0.1, 0.15) is 104 Å². The minimum atomic E-state index is 0.0185. The van der Waals surface area contributed by atoms with Gasteiger partial charge in [0.15, 0.2) is 0 Å². The predicted molar refractivity (Wildman–Crippen MR) is 219 cm³/mol. The molecule has 9 rings (SSSR count). The third-order valence-corrected chi connectivity index (χ3v) is 12.5. The number of hydrogen-bond donors (Lipinski definition) is 0. The third-order valence-electron chi connectivity index (χ3n) is 12.5. The second-order valence-corrected chi connectivity index (χ2v) is 14.8.